The van der Waals surface area contributed by atoms with E-state index in [4.69, 9.17) is 0 Å². The zero-order valence-electron chi connectivity index (χ0n) is 13.7. The quantitative estimate of drug-likeness (QED) is 0.477. The van der Waals surface area contributed by atoms with Gasteiger partial charge >= 0.3 is 0 Å². The van der Waals surface area contributed by atoms with Gasteiger partial charge in [-0.05, 0) is 35.9 Å². The Morgan fingerprint density at radius 2 is 1.77 bits per heavy atom. The smallest absolute Gasteiger partial charge is 0.262 e. The molecule has 0 aliphatic rings. The van der Waals surface area contributed by atoms with Crippen LogP contribution in [0.1, 0.15) is 5.56 Å². The summed E-state index contributed by atoms with van der Waals surface area (Å²) in [6.07, 6.45) is 0. The van der Waals surface area contributed by atoms with E-state index in [2.05, 4.69) is 20.9 Å². The molecular weight excluding hydrogens is 395 g/mol. The first-order valence-corrected chi connectivity index (χ1v) is 8.91. The van der Waals surface area contributed by atoms with Crippen molar-refractivity contribution in [2.24, 2.45) is 0 Å². The Balaban J connectivity index is 2.00. The number of aromatic nitrogens is 2. The number of nitrogens with zero attached hydrogens (tertiary/aromatic N) is 2. The van der Waals surface area contributed by atoms with Crippen molar-refractivity contribution >= 4 is 26.8 Å². The van der Waals surface area contributed by atoms with E-state index in [9.17, 15) is 9.18 Å². The van der Waals surface area contributed by atoms with Crippen LogP contribution in [0.25, 0.3) is 22.3 Å². The molecule has 0 fully saturated rings. The third-order valence-electron chi connectivity index (χ3n) is 4.18. The van der Waals surface area contributed by atoms with E-state index in [1.165, 1.54) is 12.1 Å². The molecule has 0 aliphatic heterocycles. The molecular formula is C21H14BrFN2O. The fraction of sp³-hybridized carbons (Fsp3) is 0.0476. The number of hydrogen-bond donors (Lipinski definition) is 0. The maximum absolute atomic E-state index is 13.8. The summed E-state index contributed by atoms with van der Waals surface area (Å²) in [5, 5.41) is 0.524. The van der Waals surface area contributed by atoms with Crippen molar-refractivity contribution in [3.8, 4) is 11.4 Å². The summed E-state index contributed by atoms with van der Waals surface area (Å²) in [4.78, 5) is 17.8. The van der Waals surface area contributed by atoms with Crippen LogP contribution in [0.2, 0.25) is 0 Å². The lowest BCUT2D eigenvalue weighted by atomic mass is 10.1. The lowest BCUT2D eigenvalue weighted by molar-refractivity contribution is 0.627. The molecule has 0 aliphatic carbocycles. The average molecular weight is 409 g/mol. The number of benzene rings is 3. The van der Waals surface area contributed by atoms with Crippen molar-refractivity contribution in [3.05, 3.63) is 99.0 Å². The molecule has 128 valence electrons. The third kappa shape index (κ3) is 3.18. The van der Waals surface area contributed by atoms with E-state index in [1.807, 2.05) is 36.4 Å². The average Bonchev–Trinajstić information content (AvgIpc) is 2.65. The minimum atomic E-state index is -0.362. The molecule has 3 aromatic carbocycles. The number of fused-ring (bicyclic) bond motifs is 1. The third-order valence-corrected chi connectivity index (χ3v) is 4.68. The van der Waals surface area contributed by atoms with E-state index < -0.39 is 0 Å². The van der Waals surface area contributed by atoms with Crippen LogP contribution in [0.5, 0.6) is 0 Å². The minimum Gasteiger partial charge on any atom is -0.288 e. The number of hydrogen-bond acceptors (Lipinski definition) is 2. The first-order chi connectivity index (χ1) is 12.6. The van der Waals surface area contributed by atoms with Gasteiger partial charge in [0, 0.05) is 10.0 Å². The van der Waals surface area contributed by atoms with Gasteiger partial charge in [-0.25, -0.2) is 9.37 Å². The van der Waals surface area contributed by atoms with Crippen LogP contribution in [0, 0.1) is 5.82 Å². The van der Waals surface area contributed by atoms with Gasteiger partial charge in [0.15, 0.2) is 0 Å². The Bertz CT molecular complexity index is 1160. The molecule has 0 atom stereocenters. The summed E-state index contributed by atoms with van der Waals surface area (Å²) in [7, 11) is 0. The van der Waals surface area contributed by atoms with Gasteiger partial charge < -0.3 is 0 Å². The van der Waals surface area contributed by atoms with Crippen molar-refractivity contribution in [2.45, 2.75) is 6.54 Å². The Kier molecular flexibility index (Phi) is 4.39. The predicted molar refractivity (Wildman–Crippen MR) is 105 cm³/mol. The van der Waals surface area contributed by atoms with E-state index in [0.29, 0.717) is 28.8 Å². The van der Waals surface area contributed by atoms with Crippen molar-refractivity contribution in [1.82, 2.24) is 9.55 Å². The van der Waals surface area contributed by atoms with E-state index >= 15 is 0 Å². The highest BCUT2D eigenvalue weighted by Gasteiger charge is 2.14. The van der Waals surface area contributed by atoms with Gasteiger partial charge in [-0.2, -0.15) is 0 Å². The highest BCUT2D eigenvalue weighted by molar-refractivity contribution is 9.10. The zero-order chi connectivity index (χ0) is 18.1. The first-order valence-electron chi connectivity index (χ1n) is 8.12. The summed E-state index contributed by atoms with van der Waals surface area (Å²) >= 11 is 3.41. The van der Waals surface area contributed by atoms with E-state index in [1.54, 1.807) is 28.8 Å². The molecule has 4 aromatic rings. The van der Waals surface area contributed by atoms with Crippen LogP contribution in [0.15, 0.2) is 82.1 Å². The van der Waals surface area contributed by atoms with Crippen LogP contribution < -0.4 is 5.56 Å². The Morgan fingerprint density at radius 3 is 2.54 bits per heavy atom. The predicted octanol–water partition coefficient (Wildman–Crippen LogP) is 5.01. The molecule has 0 unspecified atom stereocenters. The fourth-order valence-corrected chi connectivity index (χ4v) is 3.31. The molecule has 0 N–H and O–H groups in total. The topological polar surface area (TPSA) is 34.9 Å². The summed E-state index contributed by atoms with van der Waals surface area (Å²) in [5.74, 6) is 0.0899. The fourth-order valence-electron chi connectivity index (χ4n) is 2.95. The molecule has 0 saturated heterocycles. The number of rotatable bonds is 3. The molecule has 3 nitrogen and oxygen atoms in total. The monoisotopic (exact) mass is 408 g/mol. The van der Waals surface area contributed by atoms with Crippen LogP contribution in [-0.4, -0.2) is 9.55 Å². The molecule has 26 heavy (non-hydrogen) atoms. The van der Waals surface area contributed by atoms with Gasteiger partial charge in [-0.1, -0.05) is 58.4 Å². The molecule has 0 bridgehead atoms. The first kappa shape index (κ1) is 16.7. The molecule has 5 heteroatoms. The van der Waals surface area contributed by atoms with Crippen molar-refractivity contribution in [3.63, 3.8) is 0 Å². The molecule has 0 spiro atoms. The SMILES string of the molecule is O=c1c2cc(Br)ccc2nc(-c2cccc(F)c2)n1Cc1ccccc1. The minimum absolute atomic E-state index is 0.153. The summed E-state index contributed by atoms with van der Waals surface area (Å²) in [5.41, 5.74) is 1.98. The van der Waals surface area contributed by atoms with Gasteiger partial charge in [0.05, 0.1) is 17.4 Å². The van der Waals surface area contributed by atoms with Crippen LogP contribution in [0.3, 0.4) is 0 Å². The Labute approximate surface area is 157 Å². The largest absolute Gasteiger partial charge is 0.288 e. The van der Waals surface area contributed by atoms with Crippen LogP contribution in [-0.2, 0) is 6.54 Å². The zero-order valence-corrected chi connectivity index (χ0v) is 15.3. The van der Waals surface area contributed by atoms with Crippen molar-refractivity contribution in [2.75, 3.05) is 0 Å². The summed E-state index contributed by atoms with van der Waals surface area (Å²) < 4.78 is 16.2. The Morgan fingerprint density at radius 1 is 0.962 bits per heavy atom. The van der Waals surface area contributed by atoms with Gasteiger partial charge in [-0.15, -0.1) is 0 Å². The van der Waals surface area contributed by atoms with Gasteiger partial charge in [0.2, 0.25) is 0 Å². The molecule has 1 aromatic heterocycles. The normalized spacial score (nSPS) is 11.0. The second kappa shape index (κ2) is 6.84. The summed E-state index contributed by atoms with van der Waals surface area (Å²) in [6.45, 7) is 0.362. The highest BCUT2D eigenvalue weighted by atomic mass is 79.9. The second-order valence-corrected chi connectivity index (χ2v) is 6.90. The standard InChI is InChI=1S/C21H14BrFN2O/c22-16-9-10-19-18(12-16)21(26)25(13-14-5-2-1-3-6-14)20(24-19)15-7-4-8-17(23)11-15/h1-12H,13H2. The van der Waals surface area contributed by atoms with E-state index in [0.717, 1.165) is 10.0 Å². The molecule has 0 amide bonds. The van der Waals surface area contributed by atoms with Crippen LogP contribution in [0.4, 0.5) is 4.39 Å². The summed E-state index contributed by atoms with van der Waals surface area (Å²) in [6, 6.07) is 21.2. The lowest BCUT2D eigenvalue weighted by Crippen LogP contribution is -2.24. The van der Waals surface area contributed by atoms with Gasteiger partial charge in [0.25, 0.3) is 5.56 Å². The van der Waals surface area contributed by atoms with Crippen molar-refractivity contribution in [1.29, 1.82) is 0 Å². The molecule has 0 saturated carbocycles. The molecule has 0 radical (unpaired) electrons. The number of halogens is 2. The maximum atomic E-state index is 13.8. The lowest BCUT2D eigenvalue weighted by Gasteiger charge is -2.14. The Hall–Kier alpha value is -2.79. The highest BCUT2D eigenvalue weighted by Crippen LogP contribution is 2.22. The van der Waals surface area contributed by atoms with Crippen molar-refractivity contribution < 1.29 is 4.39 Å². The molecule has 4 rings (SSSR count). The van der Waals surface area contributed by atoms with E-state index in [-0.39, 0.29) is 11.4 Å². The van der Waals surface area contributed by atoms with Gasteiger partial charge in [-0.3, -0.25) is 9.36 Å². The van der Waals surface area contributed by atoms with Crippen LogP contribution >= 0.6 is 15.9 Å². The van der Waals surface area contributed by atoms with Gasteiger partial charge in [0.1, 0.15) is 11.6 Å². The maximum Gasteiger partial charge on any atom is 0.262 e. The molecule has 1 heterocycles. The second-order valence-electron chi connectivity index (χ2n) is 5.98.